The minimum absolute atomic E-state index is 0.0723. The van der Waals surface area contributed by atoms with Crippen molar-refractivity contribution >= 4 is 11.5 Å². The highest BCUT2D eigenvalue weighted by Crippen LogP contribution is 2.26. The summed E-state index contributed by atoms with van der Waals surface area (Å²) in [6, 6.07) is 2.66. The van der Waals surface area contributed by atoms with Crippen LogP contribution in [-0.2, 0) is 6.54 Å². The molecule has 0 amide bonds. The number of ether oxygens (including phenoxy) is 1. The second kappa shape index (κ2) is 6.69. The molecule has 112 valence electrons. The Balaban J connectivity index is 2.22. The smallest absolute Gasteiger partial charge is 0.278 e. The van der Waals surface area contributed by atoms with Gasteiger partial charge in [-0.25, -0.2) is 0 Å². The van der Waals surface area contributed by atoms with Gasteiger partial charge in [-0.2, -0.15) is 10.1 Å². The Hall–Kier alpha value is -2.64. The fourth-order valence-electron chi connectivity index (χ4n) is 1.79. The first-order valence-corrected chi connectivity index (χ1v) is 6.73. The van der Waals surface area contributed by atoms with Gasteiger partial charge in [0.25, 0.3) is 5.69 Å². The monoisotopic (exact) mass is 291 g/mol. The quantitative estimate of drug-likeness (QED) is 0.622. The standard InChI is InChI=1S/C13H17N5O3/c1-3-5-17-9-11(8-15-17)21-13-7-10(18(19)20)6-12(16-13)14-4-2/h6-9H,3-5H2,1-2H3,(H,14,16). The molecule has 0 fully saturated rings. The highest BCUT2D eigenvalue weighted by molar-refractivity contribution is 5.48. The molecule has 2 aromatic rings. The predicted octanol–water partition coefficient (Wildman–Crippen LogP) is 2.82. The average molecular weight is 291 g/mol. The number of nitrogens with zero attached hydrogens (tertiary/aromatic N) is 4. The minimum Gasteiger partial charge on any atom is -0.435 e. The van der Waals surface area contributed by atoms with E-state index in [1.807, 2.05) is 13.8 Å². The third kappa shape index (κ3) is 3.91. The topological polar surface area (TPSA) is 95.1 Å². The van der Waals surface area contributed by atoms with E-state index in [1.54, 1.807) is 17.1 Å². The number of hydrogen-bond donors (Lipinski definition) is 1. The van der Waals surface area contributed by atoms with Crippen LogP contribution >= 0.6 is 0 Å². The van der Waals surface area contributed by atoms with E-state index in [0.29, 0.717) is 18.1 Å². The molecule has 2 aromatic heterocycles. The SMILES string of the molecule is CCCn1cc(Oc2cc([N+](=O)[O-])cc(NCC)n2)cn1. The first-order valence-electron chi connectivity index (χ1n) is 6.73. The number of nitrogens with one attached hydrogen (secondary N) is 1. The number of aryl methyl sites for hydroxylation is 1. The third-order valence-electron chi connectivity index (χ3n) is 2.64. The molecule has 0 aliphatic rings. The van der Waals surface area contributed by atoms with E-state index >= 15 is 0 Å². The molecule has 8 heteroatoms. The van der Waals surface area contributed by atoms with Crippen molar-refractivity contribution < 1.29 is 9.66 Å². The van der Waals surface area contributed by atoms with Crippen LogP contribution in [0.5, 0.6) is 11.6 Å². The van der Waals surface area contributed by atoms with Crippen LogP contribution in [0.3, 0.4) is 0 Å². The van der Waals surface area contributed by atoms with Gasteiger partial charge in [0.1, 0.15) is 5.82 Å². The summed E-state index contributed by atoms with van der Waals surface area (Å²) in [6.07, 6.45) is 4.25. The number of pyridine rings is 1. The van der Waals surface area contributed by atoms with E-state index in [4.69, 9.17) is 4.74 Å². The van der Waals surface area contributed by atoms with Gasteiger partial charge in [-0.15, -0.1) is 0 Å². The fourth-order valence-corrected chi connectivity index (χ4v) is 1.79. The Bertz CT molecular complexity index is 626. The average Bonchev–Trinajstić information content (AvgIpc) is 2.86. The highest BCUT2D eigenvalue weighted by Gasteiger charge is 2.13. The molecular formula is C13H17N5O3. The van der Waals surface area contributed by atoms with Crippen LogP contribution in [0.25, 0.3) is 0 Å². The van der Waals surface area contributed by atoms with E-state index < -0.39 is 4.92 Å². The number of hydrogen-bond acceptors (Lipinski definition) is 6. The molecule has 0 unspecified atom stereocenters. The zero-order chi connectivity index (χ0) is 15.2. The summed E-state index contributed by atoms with van der Waals surface area (Å²) in [5.74, 6) is 1.07. The Morgan fingerprint density at radius 1 is 1.43 bits per heavy atom. The summed E-state index contributed by atoms with van der Waals surface area (Å²) in [5, 5.41) is 18.0. The lowest BCUT2D eigenvalue weighted by atomic mass is 10.4. The van der Waals surface area contributed by atoms with Crippen LogP contribution in [-0.4, -0.2) is 26.2 Å². The van der Waals surface area contributed by atoms with Crippen molar-refractivity contribution in [1.82, 2.24) is 14.8 Å². The summed E-state index contributed by atoms with van der Waals surface area (Å²) in [4.78, 5) is 14.6. The zero-order valence-corrected chi connectivity index (χ0v) is 11.9. The molecule has 0 spiro atoms. The lowest BCUT2D eigenvalue weighted by Crippen LogP contribution is -2.01. The van der Waals surface area contributed by atoms with Crippen molar-refractivity contribution in [1.29, 1.82) is 0 Å². The van der Waals surface area contributed by atoms with Gasteiger partial charge in [-0.05, 0) is 13.3 Å². The Morgan fingerprint density at radius 2 is 2.24 bits per heavy atom. The molecule has 21 heavy (non-hydrogen) atoms. The number of nitro groups is 1. The van der Waals surface area contributed by atoms with Gasteiger partial charge in [0, 0.05) is 13.1 Å². The molecule has 8 nitrogen and oxygen atoms in total. The number of anilines is 1. The molecule has 0 saturated carbocycles. The van der Waals surface area contributed by atoms with Crippen molar-refractivity contribution in [2.75, 3.05) is 11.9 Å². The molecule has 1 N–H and O–H groups in total. The fraction of sp³-hybridized carbons (Fsp3) is 0.385. The van der Waals surface area contributed by atoms with E-state index in [-0.39, 0.29) is 11.6 Å². The Kier molecular flexibility index (Phi) is 4.70. The van der Waals surface area contributed by atoms with Crippen LogP contribution in [0.2, 0.25) is 0 Å². The Morgan fingerprint density at radius 3 is 2.90 bits per heavy atom. The normalized spacial score (nSPS) is 10.4. The van der Waals surface area contributed by atoms with Crippen molar-refractivity contribution in [3.8, 4) is 11.6 Å². The molecule has 0 bridgehead atoms. The molecule has 0 saturated heterocycles. The molecule has 2 rings (SSSR count). The lowest BCUT2D eigenvalue weighted by Gasteiger charge is -2.06. The first kappa shape index (κ1) is 14.8. The highest BCUT2D eigenvalue weighted by atomic mass is 16.6. The number of rotatable bonds is 7. The molecule has 0 aliphatic carbocycles. The van der Waals surface area contributed by atoms with Gasteiger partial charge in [0.05, 0.1) is 29.4 Å². The molecule has 2 heterocycles. The zero-order valence-electron chi connectivity index (χ0n) is 11.9. The maximum atomic E-state index is 10.9. The summed E-state index contributed by atoms with van der Waals surface area (Å²) in [5.41, 5.74) is -0.0723. The molecule has 0 aliphatic heterocycles. The second-order valence-corrected chi connectivity index (χ2v) is 4.38. The van der Waals surface area contributed by atoms with Gasteiger partial charge in [0.2, 0.25) is 5.88 Å². The van der Waals surface area contributed by atoms with Crippen LogP contribution in [0.15, 0.2) is 24.5 Å². The maximum absolute atomic E-state index is 10.9. The largest absolute Gasteiger partial charge is 0.435 e. The van der Waals surface area contributed by atoms with Crippen LogP contribution in [0.4, 0.5) is 11.5 Å². The van der Waals surface area contributed by atoms with Crippen molar-refractivity contribution in [3.63, 3.8) is 0 Å². The summed E-state index contributed by atoms with van der Waals surface area (Å²) >= 11 is 0. The van der Waals surface area contributed by atoms with E-state index in [2.05, 4.69) is 15.4 Å². The lowest BCUT2D eigenvalue weighted by molar-refractivity contribution is -0.384. The molecule has 0 radical (unpaired) electrons. The molecule has 0 aromatic carbocycles. The minimum atomic E-state index is -0.476. The summed E-state index contributed by atoms with van der Waals surface area (Å²) in [6.45, 7) is 5.33. The van der Waals surface area contributed by atoms with Gasteiger partial charge >= 0.3 is 0 Å². The van der Waals surface area contributed by atoms with Gasteiger partial charge in [0.15, 0.2) is 5.75 Å². The van der Waals surface area contributed by atoms with E-state index in [0.717, 1.165) is 13.0 Å². The van der Waals surface area contributed by atoms with E-state index in [1.165, 1.54) is 12.1 Å². The van der Waals surface area contributed by atoms with E-state index in [9.17, 15) is 10.1 Å². The molecule has 0 atom stereocenters. The van der Waals surface area contributed by atoms with Gasteiger partial charge in [-0.1, -0.05) is 6.92 Å². The summed E-state index contributed by atoms with van der Waals surface area (Å²) < 4.78 is 7.29. The van der Waals surface area contributed by atoms with Crippen molar-refractivity contribution in [2.24, 2.45) is 0 Å². The molecular weight excluding hydrogens is 274 g/mol. The van der Waals surface area contributed by atoms with Crippen molar-refractivity contribution in [3.05, 3.63) is 34.6 Å². The van der Waals surface area contributed by atoms with Gasteiger partial charge in [-0.3, -0.25) is 14.8 Å². The van der Waals surface area contributed by atoms with Crippen LogP contribution in [0.1, 0.15) is 20.3 Å². The summed E-state index contributed by atoms with van der Waals surface area (Å²) in [7, 11) is 0. The second-order valence-electron chi connectivity index (χ2n) is 4.38. The van der Waals surface area contributed by atoms with Gasteiger partial charge < -0.3 is 10.1 Å². The first-order chi connectivity index (χ1) is 10.1. The third-order valence-corrected chi connectivity index (χ3v) is 2.64. The number of aromatic nitrogens is 3. The van der Waals surface area contributed by atoms with Crippen molar-refractivity contribution in [2.45, 2.75) is 26.8 Å². The Labute approximate surface area is 121 Å². The van der Waals surface area contributed by atoms with Crippen LogP contribution < -0.4 is 10.1 Å². The maximum Gasteiger partial charge on any atom is 0.278 e. The van der Waals surface area contributed by atoms with Crippen LogP contribution in [0, 0.1) is 10.1 Å². The predicted molar refractivity (Wildman–Crippen MR) is 77.6 cm³/mol.